The number of hydrogen-bond acceptors (Lipinski definition) is 9. The number of amides is 1. The third-order valence-corrected chi connectivity index (χ3v) is 7.14. The Balaban J connectivity index is 1.91. The van der Waals surface area contributed by atoms with E-state index in [1.54, 1.807) is 25.1 Å². The molecular formula is C26H29N3O7. The van der Waals surface area contributed by atoms with Crippen LogP contribution < -0.4 is 10.6 Å². The number of rotatable bonds is 3. The summed E-state index contributed by atoms with van der Waals surface area (Å²) in [7, 11) is 7.28. The maximum atomic E-state index is 13.8. The van der Waals surface area contributed by atoms with Gasteiger partial charge in [-0.1, -0.05) is 11.8 Å². The molecule has 36 heavy (non-hydrogen) atoms. The smallest absolute Gasteiger partial charge is 0.255 e. The fraction of sp³-hybridized carbons (Fsp3) is 0.423. The number of primary amides is 1. The zero-order valence-electron chi connectivity index (χ0n) is 20.5. The number of phenols is 1. The number of carbonyl (C=O) groups excluding carboxylic acids is 3. The minimum absolute atomic E-state index is 0.0491. The highest BCUT2D eigenvalue weighted by Gasteiger charge is 2.59. The molecule has 0 radical (unpaired) electrons. The van der Waals surface area contributed by atoms with Crippen LogP contribution in [-0.4, -0.2) is 83.1 Å². The van der Waals surface area contributed by atoms with Gasteiger partial charge in [0.15, 0.2) is 11.4 Å². The molecule has 10 heteroatoms. The normalized spacial score (nSPS) is 25.2. The van der Waals surface area contributed by atoms with E-state index in [2.05, 4.69) is 11.8 Å². The summed E-state index contributed by atoms with van der Waals surface area (Å²) in [5, 5.41) is 43.8. The lowest BCUT2D eigenvalue weighted by molar-refractivity contribution is -0.144. The van der Waals surface area contributed by atoms with Crippen molar-refractivity contribution < 1.29 is 34.8 Å². The van der Waals surface area contributed by atoms with Gasteiger partial charge in [0.25, 0.3) is 5.91 Å². The van der Waals surface area contributed by atoms with Gasteiger partial charge in [-0.05, 0) is 44.5 Å². The fourth-order valence-corrected chi connectivity index (χ4v) is 5.45. The number of hydrogen-bond donors (Lipinski definition) is 5. The molecule has 3 aliphatic rings. The van der Waals surface area contributed by atoms with E-state index in [1.165, 1.54) is 0 Å². The number of allylic oxidation sites excluding steroid dienone is 2. The van der Waals surface area contributed by atoms with Gasteiger partial charge in [-0.2, -0.15) is 0 Å². The molecule has 3 aliphatic carbocycles. The summed E-state index contributed by atoms with van der Waals surface area (Å²) in [5.41, 5.74) is 3.07. The van der Waals surface area contributed by atoms with Crippen molar-refractivity contribution in [1.29, 1.82) is 0 Å². The monoisotopic (exact) mass is 495 g/mol. The zero-order chi connectivity index (χ0) is 26.7. The van der Waals surface area contributed by atoms with Crippen molar-refractivity contribution in [3.8, 4) is 17.6 Å². The van der Waals surface area contributed by atoms with Crippen molar-refractivity contribution in [2.45, 2.75) is 24.9 Å². The van der Waals surface area contributed by atoms with Crippen molar-refractivity contribution in [1.82, 2.24) is 4.90 Å². The number of benzene rings is 1. The lowest BCUT2D eigenvalue weighted by Gasteiger charge is -2.45. The van der Waals surface area contributed by atoms with Crippen LogP contribution in [0.4, 0.5) is 5.69 Å². The Morgan fingerprint density at radius 2 is 1.83 bits per heavy atom. The van der Waals surface area contributed by atoms with Gasteiger partial charge >= 0.3 is 0 Å². The Labute approximate surface area is 208 Å². The molecular weight excluding hydrogens is 466 g/mol. The Morgan fingerprint density at radius 1 is 1.17 bits per heavy atom. The summed E-state index contributed by atoms with van der Waals surface area (Å²) in [6, 6.07) is 1.70. The second-order valence-electron chi connectivity index (χ2n) is 9.99. The Morgan fingerprint density at radius 3 is 2.42 bits per heavy atom. The molecule has 0 saturated carbocycles. The average molecular weight is 496 g/mol. The Bertz CT molecular complexity index is 1330. The summed E-state index contributed by atoms with van der Waals surface area (Å²) in [4.78, 5) is 42.2. The second-order valence-corrected chi connectivity index (χ2v) is 9.99. The van der Waals surface area contributed by atoms with Gasteiger partial charge in [-0.3, -0.25) is 19.3 Å². The second kappa shape index (κ2) is 8.69. The molecule has 0 aromatic heterocycles. The SMILES string of the molecule is CN(C)CC#Cc1cc(N(C)C)c2c(c1O)C(=O)C1=C(O)[C@]3(O)C(=O)C(C(N)=O)=C(O)C[C@@H]3C[C@@H]1C2. The van der Waals surface area contributed by atoms with Crippen LogP contribution in [0.5, 0.6) is 5.75 Å². The molecule has 1 aromatic carbocycles. The third kappa shape index (κ3) is 3.63. The highest BCUT2D eigenvalue weighted by atomic mass is 16.3. The van der Waals surface area contributed by atoms with Crippen molar-refractivity contribution in [2.75, 3.05) is 39.6 Å². The molecule has 1 amide bonds. The fourth-order valence-electron chi connectivity index (χ4n) is 5.45. The van der Waals surface area contributed by atoms with Gasteiger partial charge in [0.2, 0.25) is 5.78 Å². The summed E-state index contributed by atoms with van der Waals surface area (Å²) in [6.07, 6.45) is 0.0589. The van der Waals surface area contributed by atoms with E-state index in [9.17, 15) is 34.8 Å². The first-order valence-corrected chi connectivity index (χ1v) is 11.5. The first kappa shape index (κ1) is 25.3. The van der Waals surface area contributed by atoms with Crippen LogP contribution in [0, 0.1) is 23.7 Å². The van der Waals surface area contributed by atoms with E-state index in [0.29, 0.717) is 17.8 Å². The van der Waals surface area contributed by atoms with E-state index in [4.69, 9.17) is 5.73 Å². The molecule has 0 heterocycles. The molecule has 6 N–H and O–H groups in total. The maximum absolute atomic E-state index is 13.8. The predicted octanol–water partition coefficient (Wildman–Crippen LogP) is 0.560. The molecule has 190 valence electrons. The molecule has 0 fully saturated rings. The number of aromatic hydroxyl groups is 1. The van der Waals surface area contributed by atoms with Crippen LogP contribution in [0.15, 0.2) is 28.7 Å². The number of carbonyl (C=O) groups is 3. The van der Waals surface area contributed by atoms with Crippen LogP contribution in [0.3, 0.4) is 0 Å². The van der Waals surface area contributed by atoms with Crippen molar-refractivity contribution >= 4 is 23.2 Å². The van der Waals surface area contributed by atoms with E-state index < -0.39 is 52.0 Å². The first-order valence-electron chi connectivity index (χ1n) is 11.5. The molecule has 0 saturated heterocycles. The minimum Gasteiger partial charge on any atom is -0.511 e. The standard InChI is InChI=1S/C26H29N3O7/c1-28(2)7-5-6-12-10-16(29(3)4)15-9-13-8-14-11-17(30)20(25(27)35)24(34)26(14,36)23(33)18(13)22(32)19(15)21(12)31/h10,13-14,30-31,33,36H,7-9,11H2,1-4H3,(H2,27,35)/t13-,14+,26+/m1/s1. The van der Waals surface area contributed by atoms with Gasteiger partial charge in [-0.15, -0.1) is 0 Å². The van der Waals surface area contributed by atoms with Crippen molar-refractivity contribution in [2.24, 2.45) is 17.6 Å². The number of ketones is 2. The van der Waals surface area contributed by atoms with Crippen LogP contribution >= 0.6 is 0 Å². The molecule has 0 aliphatic heterocycles. The molecule has 4 rings (SSSR count). The van der Waals surface area contributed by atoms with Crippen molar-refractivity contribution in [3.63, 3.8) is 0 Å². The molecule has 10 nitrogen and oxygen atoms in total. The van der Waals surface area contributed by atoms with Gasteiger partial charge < -0.3 is 31.1 Å². The van der Waals surface area contributed by atoms with Gasteiger partial charge in [-0.25, -0.2) is 0 Å². The number of nitrogens with zero attached hydrogens (tertiary/aromatic N) is 2. The maximum Gasteiger partial charge on any atom is 0.255 e. The highest BCUT2D eigenvalue weighted by molar-refractivity contribution is 6.24. The molecule has 0 bridgehead atoms. The lowest BCUT2D eigenvalue weighted by atomic mass is 9.60. The number of aliphatic hydroxyl groups is 3. The number of fused-ring (bicyclic) bond motifs is 3. The molecule has 3 atom stereocenters. The lowest BCUT2D eigenvalue weighted by Crippen LogP contribution is -2.57. The summed E-state index contributed by atoms with van der Waals surface area (Å²) < 4.78 is 0. The largest absolute Gasteiger partial charge is 0.511 e. The number of anilines is 1. The van der Waals surface area contributed by atoms with Gasteiger partial charge in [0.1, 0.15) is 22.8 Å². The highest BCUT2D eigenvalue weighted by Crippen LogP contribution is 2.52. The van der Waals surface area contributed by atoms with E-state index in [0.717, 1.165) is 0 Å². The number of Topliss-reactive ketones (excluding diaryl/α,β-unsaturated/α-hetero) is 2. The quantitative estimate of drug-likeness (QED) is 0.298. The van der Waals surface area contributed by atoms with Crippen molar-refractivity contribution in [3.05, 3.63) is 45.4 Å². The summed E-state index contributed by atoms with van der Waals surface area (Å²) >= 11 is 0. The van der Waals surface area contributed by atoms with Crippen LogP contribution in [0.1, 0.15) is 34.3 Å². The van der Waals surface area contributed by atoms with E-state index in [-0.39, 0.29) is 41.7 Å². The van der Waals surface area contributed by atoms with Gasteiger partial charge in [0.05, 0.1) is 17.7 Å². The van der Waals surface area contributed by atoms with E-state index in [1.807, 2.05) is 19.0 Å². The van der Waals surface area contributed by atoms with Gasteiger partial charge in [0, 0.05) is 37.7 Å². The Kier molecular flexibility index (Phi) is 6.11. The van der Waals surface area contributed by atoms with Crippen LogP contribution in [0.25, 0.3) is 0 Å². The average Bonchev–Trinajstić information content (AvgIpc) is 2.77. The third-order valence-electron chi connectivity index (χ3n) is 7.14. The predicted molar refractivity (Wildman–Crippen MR) is 131 cm³/mol. The summed E-state index contributed by atoms with van der Waals surface area (Å²) in [6.45, 7) is 0.425. The minimum atomic E-state index is -2.58. The topological polar surface area (TPSA) is 165 Å². The summed E-state index contributed by atoms with van der Waals surface area (Å²) in [5.74, 6) is -0.705. The molecule has 1 aromatic rings. The molecule has 0 unspecified atom stereocenters. The van der Waals surface area contributed by atoms with Crippen LogP contribution in [0.2, 0.25) is 0 Å². The first-order chi connectivity index (χ1) is 16.8. The van der Waals surface area contributed by atoms with Crippen LogP contribution in [-0.2, 0) is 16.0 Å². The molecule has 0 spiro atoms. The number of nitrogens with two attached hydrogens (primary N) is 1. The zero-order valence-corrected chi connectivity index (χ0v) is 20.5. The Hall–Kier alpha value is -3.81. The number of phenolic OH excluding ortho intramolecular Hbond substituents is 1. The number of aliphatic hydroxyl groups excluding tert-OH is 2. The van der Waals surface area contributed by atoms with E-state index >= 15 is 0 Å².